The van der Waals surface area contributed by atoms with Crippen molar-refractivity contribution >= 4 is 10.9 Å². The molecule has 0 unspecified atom stereocenters. The summed E-state index contributed by atoms with van der Waals surface area (Å²) in [5.41, 5.74) is 2.41. The van der Waals surface area contributed by atoms with E-state index in [0.29, 0.717) is 0 Å². The standard InChI is InChI=1S/C16H22N2/c1-13(2)6-4-10-17-12-15-8-3-7-14-9-5-11-18-16(14)15/h3,5,7-9,11,13,17H,4,6,10,12H2,1-2H3. The van der Waals surface area contributed by atoms with Gasteiger partial charge >= 0.3 is 0 Å². The Bertz CT molecular complexity index is 486. The molecule has 96 valence electrons. The lowest BCUT2D eigenvalue weighted by Gasteiger charge is -2.08. The van der Waals surface area contributed by atoms with Crippen LogP contribution < -0.4 is 5.32 Å². The molecule has 0 bridgehead atoms. The molecule has 0 amide bonds. The van der Waals surface area contributed by atoms with E-state index in [4.69, 9.17) is 0 Å². The van der Waals surface area contributed by atoms with Crippen LogP contribution in [-0.4, -0.2) is 11.5 Å². The van der Waals surface area contributed by atoms with Crippen LogP contribution >= 0.6 is 0 Å². The second-order valence-electron chi connectivity index (χ2n) is 5.21. The summed E-state index contributed by atoms with van der Waals surface area (Å²) < 4.78 is 0. The summed E-state index contributed by atoms with van der Waals surface area (Å²) >= 11 is 0. The van der Waals surface area contributed by atoms with E-state index in [1.54, 1.807) is 0 Å². The van der Waals surface area contributed by atoms with Crippen molar-refractivity contribution in [2.24, 2.45) is 5.92 Å². The minimum atomic E-state index is 0.797. The predicted molar refractivity (Wildman–Crippen MR) is 77.5 cm³/mol. The van der Waals surface area contributed by atoms with Crippen molar-refractivity contribution in [1.82, 2.24) is 10.3 Å². The van der Waals surface area contributed by atoms with Crippen LogP contribution in [0.25, 0.3) is 10.9 Å². The van der Waals surface area contributed by atoms with Crippen LogP contribution in [0, 0.1) is 5.92 Å². The van der Waals surface area contributed by atoms with Crippen molar-refractivity contribution in [1.29, 1.82) is 0 Å². The lowest BCUT2D eigenvalue weighted by atomic mass is 10.1. The van der Waals surface area contributed by atoms with Crippen molar-refractivity contribution in [3.63, 3.8) is 0 Å². The average Bonchev–Trinajstić information content (AvgIpc) is 2.38. The van der Waals surface area contributed by atoms with Crippen molar-refractivity contribution in [2.75, 3.05) is 6.54 Å². The number of pyridine rings is 1. The Morgan fingerprint density at radius 1 is 1.17 bits per heavy atom. The van der Waals surface area contributed by atoms with Crippen molar-refractivity contribution in [2.45, 2.75) is 33.2 Å². The average molecular weight is 242 g/mol. The van der Waals surface area contributed by atoms with Gasteiger partial charge in [0, 0.05) is 18.1 Å². The molecule has 0 atom stereocenters. The van der Waals surface area contributed by atoms with E-state index >= 15 is 0 Å². The summed E-state index contributed by atoms with van der Waals surface area (Å²) in [4.78, 5) is 4.47. The molecule has 2 nitrogen and oxygen atoms in total. The fourth-order valence-electron chi connectivity index (χ4n) is 2.17. The van der Waals surface area contributed by atoms with Gasteiger partial charge in [0.05, 0.1) is 5.52 Å². The highest BCUT2D eigenvalue weighted by molar-refractivity contribution is 5.81. The number of benzene rings is 1. The minimum absolute atomic E-state index is 0.797. The summed E-state index contributed by atoms with van der Waals surface area (Å²) in [5, 5.41) is 4.73. The van der Waals surface area contributed by atoms with Gasteiger partial charge in [-0.2, -0.15) is 0 Å². The Morgan fingerprint density at radius 3 is 2.83 bits per heavy atom. The third kappa shape index (κ3) is 3.54. The van der Waals surface area contributed by atoms with Gasteiger partial charge in [-0.15, -0.1) is 0 Å². The Kier molecular flexibility index (Phi) is 4.71. The largest absolute Gasteiger partial charge is 0.313 e. The van der Waals surface area contributed by atoms with Gasteiger partial charge in [0.15, 0.2) is 0 Å². The zero-order chi connectivity index (χ0) is 12.8. The molecule has 0 aliphatic heterocycles. The van der Waals surface area contributed by atoms with Gasteiger partial charge in [0.2, 0.25) is 0 Å². The molecule has 0 spiro atoms. The molecular weight excluding hydrogens is 220 g/mol. The van der Waals surface area contributed by atoms with E-state index in [2.05, 4.69) is 48.4 Å². The molecule has 1 N–H and O–H groups in total. The molecule has 0 fully saturated rings. The van der Waals surface area contributed by atoms with Crippen LogP contribution in [0.2, 0.25) is 0 Å². The summed E-state index contributed by atoms with van der Waals surface area (Å²) in [5.74, 6) is 0.797. The molecule has 2 aromatic rings. The first kappa shape index (κ1) is 13.0. The van der Waals surface area contributed by atoms with E-state index in [0.717, 1.165) is 24.5 Å². The lowest BCUT2D eigenvalue weighted by Crippen LogP contribution is -2.15. The van der Waals surface area contributed by atoms with Gasteiger partial charge in [0.25, 0.3) is 0 Å². The molecule has 0 saturated heterocycles. The highest BCUT2D eigenvalue weighted by atomic mass is 14.8. The van der Waals surface area contributed by atoms with Crippen LogP contribution in [0.3, 0.4) is 0 Å². The number of hydrogen-bond acceptors (Lipinski definition) is 2. The number of nitrogens with one attached hydrogen (secondary N) is 1. The first-order valence-corrected chi connectivity index (χ1v) is 6.80. The monoisotopic (exact) mass is 242 g/mol. The number of aromatic nitrogens is 1. The summed E-state index contributed by atoms with van der Waals surface area (Å²) in [7, 11) is 0. The Morgan fingerprint density at radius 2 is 2.00 bits per heavy atom. The predicted octanol–water partition coefficient (Wildman–Crippen LogP) is 3.76. The van der Waals surface area contributed by atoms with Gasteiger partial charge in [-0.3, -0.25) is 4.98 Å². The molecule has 0 saturated carbocycles. The zero-order valence-corrected chi connectivity index (χ0v) is 11.3. The van der Waals surface area contributed by atoms with Gasteiger partial charge in [-0.25, -0.2) is 0 Å². The topological polar surface area (TPSA) is 24.9 Å². The van der Waals surface area contributed by atoms with Crippen LogP contribution in [-0.2, 0) is 6.54 Å². The van der Waals surface area contributed by atoms with E-state index in [9.17, 15) is 0 Å². The maximum absolute atomic E-state index is 4.47. The van der Waals surface area contributed by atoms with E-state index in [-0.39, 0.29) is 0 Å². The number of rotatable bonds is 6. The van der Waals surface area contributed by atoms with E-state index < -0.39 is 0 Å². The SMILES string of the molecule is CC(C)CCCNCc1cccc2cccnc12. The number of hydrogen-bond donors (Lipinski definition) is 1. The minimum Gasteiger partial charge on any atom is -0.313 e. The Hall–Kier alpha value is -1.41. The fraction of sp³-hybridized carbons (Fsp3) is 0.438. The Labute approximate surface area is 109 Å². The molecular formula is C16H22N2. The molecule has 2 rings (SSSR count). The van der Waals surface area contributed by atoms with Crippen LogP contribution in [0.15, 0.2) is 36.5 Å². The third-order valence-corrected chi connectivity index (χ3v) is 3.17. The maximum atomic E-state index is 4.47. The van der Waals surface area contributed by atoms with E-state index in [1.165, 1.54) is 23.8 Å². The van der Waals surface area contributed by atoms with Gasteiger partial charge < -0.3 is 5.32 Å². The smallest absolute Gasteiger partial charge is 0.0746 e. The van der Waals surface area contributed by atoms with Crippen molar-refractivity contribution in [3.05, 3.63) is 42.1 Å². The van der Waals surface area contributed by atoms with Crippen LogP contribution in [0.1, 0.15) is 32.3 Å². The van der Waals surface area contributed by atoms with E-state index in [1.807, 2.05) is 12.3 Å². The second kappa shape index (κ2) is 6.50. The van der Waals surface area contributed by atoms with Crippen LogP contribution in [0.4, 0.5) is 0 Å². The van der Waals surface area contributed by atoms with Crippen LogP contribution in [0.5, 0.6) is 0 Å². The normalized spacial score (nSPS) is 11.3. The first-order valence-electron chi connectivity index (χ1n) is 6.80. The molecule has 0 radical (unpaired) electrons. The summed E-state index contributed by atoms with van der Waals surface area (Å²) in [6.45, 7) is 6.54. The van der Waals surface area contributed by atoms with Gasteiger partial charge in [-0.1, -0.05) is 38.1 Å². The molecule has 1 heterocycles. The molecule has 0 aliphatic rings. The number of nitrogens with zero attached hydrogens (tertiary/aromatic N) is 1. The maximum Gasteiger partial charge on any atom is 0.0746 e. The third-order valence-electron chi connectivity index (χ3n) is 3.17. The van der Waals surface area contributed by atoms with Crippen molar-refractivity contribution in [3.8, 4) is 0 Å². The quantitative estimate of drug-likeness (QED) is 0.780. The number of para-hydroxylation sites is 1. The lowest BCUT2D eigenvalue weighted by molar-refractivity contribution is 0.528. The highest BCUT2D eigenvalue weighted by Crippen LogP contribution is 2.15. The second-order valence-corrected chi connectivity index (χ2v) is 5.21. The molecule has 1 aromatic heterocycles. The fourth-order valence-corrected chi connectivity index (χ4v) is 2.17. The number of fused-ring (bicyclic) bond motifs is 1. The first-order chi connectivity index (χ1) is 8.77. The molecule has 18 heavy (non-hydrogen) atoms. The Balaban J connectivity index is 1.91. The van der Waals surface area contributed by atoms with Crippen molar-refractivity contribution < 1.29 is 0 Å². The highest BCUT2D eigenvalue weighted by Gasteiger charge is 2.01. The molecule has 0 aliphatic carbocycles. The molecule has 1 aromatic carbocycles. The summed E-state index contributed by atoms with van der Waals surface area (Å²) in [6, 6.07) is 10.5. The van der Waals surface area contributed by atoms with Gasteiger partial charge in [0.1, 0.15) is 0 Å². The molecule has 2 heteroatoms. The zero-order valence-electron chi connectivity index (χ0n) is 11.3. The van der Waals surface area contributed by atoms with Gasteiger partial charge in [-0.05, 0) is 36.9 Å². The summed E-state index contributed by atoms with van der Waals surface area (Å²) in [6.07, 6.45) is 4.40.